The first kappa shape index (κ1) is 22.0. The van der Waals surface area contributed by atoms with Gasteiger partial charge in [-0.25, -0.2) is 21.6 Å². The van der Waals surface area contributed by atoms with Crippen LogP contribution in [0.4, 0.5) is 18.9 Å². The molecule has 10 heteroatoms. The zero-order valence-electron chi connectivity index (χ0n) is 16.0. The van der Waals surface area contributed by atoms with Gasteiger partial charge in [0.05, 0.1) is 10.6 Å². The fourth-order valence-electron chi connectivity index (χ4n) is 3.24. The highest BCUT2D eigenvalue weighted by molar-refractivity contribution is 7.89. The van der Waals surface area contributed by atoms with Crippen LogP contribution >= 0.6 is 0 Å². The van der Waals surface area contributed by atoms with E-state index < -0.39 is 45.0 Å². The van der Waals surface area contributed by atoms with E-state index in [4.69, 9.17) is 0 Å². The lowest BCUT2D eigenvalue weighted by molar-refractivity contribution is -0.120. The molecule has 6 nitrogen and oxygen atoms in total. The van der Waals surface area contributed by atoms with Gasteiger partial charge in [-0.2, -0.15) is 4.31 Å². The van der Waals surface area contributed by atoms with E-state index >= 15 is 0 Å². The summed E-state index contributed by atoms with van der Waals surface area (Å²) in [6, 6.07) is 7.34. The Bertz CT molecular complexity index is 1100. The van der Waals surface area contributed by atoms with Crippen molar-refractivity contribution in [2.75, 3.05) is 18.4 Å². The molecule has 0 aromatic heterocycles. The number of carbonyl (C=O) groups is 2. The van der Waals surface area contributed by atoms with Crippen molar-refractivity contribution in [2.45, 2.75) is 24.7 Å². The quantitative estimate of drug-likeness (QED) is 0.571. The van der Waals surface area contributed by atoms with Crippen LogP contribution in [0, 0.1) is 23.4 Å². The van der Waals surface area contributed by atoms with E-state index in [1.807, 2.05) is 0 Å². The molecule has 0 saturated carbocycles. The molecule has 1 fully saturated rings. The van der Waals surface area contributed by atoms with Crippen LogP contribution in [0.15, 0.2) is 41.3 Å². The minimum absolute atomic E-state index is 0.0121. The average molecular weight is 440 g/mol. The largest absolute Gasteiger partial charge is 0.323 e. The van der Waals surface area contributed by atoms with E-state index in [9.17, 15) is 31.2 Å². The first-order valence-corrected chi connectivity index (χ1v) is 10.6. The van der Waals surface area contributed by atoms with Crippen molar-refractivity contribution in [1.29, 1.82) is 0 Å². The van der Waals surface area contributed by atoms with Crippen molar-refractivity contribution in [2.24, 2.45) is 5.92 Å². The highest BCUT2D eigenvalue weighted by Crippen LogP contribution is 2.26. The van der Waals surface area contributed by atoms with Gasteiger partial charge >= 0.3 is 0 Å². The van der Waals surface area contributed by atoms with Crippen LogP contribution in [0.1, 0.15) is 30.1 Å². The fourth-order valence-corrected chi connectivity index (χ4v) is 4.76. The maximum atomic E-state index is 13.7. The Labute approximate surface area is 171 Å². The lowest BCUT2D eigenvalue weighted by Crippen LogP contribution is -2.41. The number of amides is 1. The molecule has 1 saturated heterocycles. The van der Waals surface area contributed by atoms with E-state index in [1.54, 1.807) is 0 Å². The molecule has 160 valence electrons. The molecular formula is C20H19F3N2O4S. The molecule has 30 heavy (non-hydrogen) atoms. The number of benzene rings is 2. The molecule has 0 spiro atoms. The van der Waals surface area contributed by atoms with Gasteiger partial charge in [0.2, 0.25) is 15.9 Å². The molecule has 1 N–H and O–H groups in total. The normalized spacial score (nSPS) is 15.7. The van der Waals surface area contributed by atoms with Gasteiger partial charge in [0.15, 0.2) is 23.2 Å². The number of carbonyl (C=O) groups excluding carboxylic acids is 2. The summed E-state index contributed by atoms with van der Waals surface area (Å²) >= 11 is 0. The molecule has 0 unspecified atom stereocenters. The van der Waals surface area contributed by atoms with Crippen molar-refractivity contribution in [1.82, 2.24) is 4.31 Å². The first-order chi connectivity index (χ1) is 14.1. The molecule has 1 aliphatic heterocycles. The van der Waals surface area contributed by atoms with Crippen LogP contribution in [-0.4, -0.2) is 37.5 Å². The summed E-state index contributed by atoms with van der Waals surface area (Å²) in [5, 5.41) is 2.23. The zero-order valence-corrected chi connectivity index (χ0v) is 16.8. The summed E-state index contributed by atoms with van der Waals surface area (Å²) in [7, 11) is -3.85. The second-order valence-electron chi connectivity index (χ2n) is 6.97. The molecule has 1 heterocycles. The second-order valence-corrected chi connectivity index (χ2v) is 8.91. The molecule has 1 aliphatic rings. The Kier molecular flexibility index (Phi) is 6.27. The zero-order chi connectivity index (χ0) is 22.1. The summed E-state index contributed by atoms with van der Waals surface area (Å²) in [6.07, 6.45) is 0.339. The fraction of sp³-hybridized carbons (Fsp3) is 0.300. The first-order valence-electron chi connectivity index (χ1n) is 9.16. The number of hydrogen-bond donors (Lipinski definition) is 1. The Morgan fingerprint density at radius 2 is 1.70 bits per heavy atom. The Morgan fingerprint density at radius 1 is 1.03 bits per heavy atom. The Balaban J connectivity index is 1.67. The molecule has 0 bridgehead atoms. The smallest absolute Gasteiger partial charge is 0.243 e. The summed E-state index contributed by atoms with van der Waals surface area (Å²) < 4.78 is 66.9. The number of sulfonamides is 1. The van der Waals surface area contributed by atoms with Crippen molar-refractivity contribution >= 4 is 27.4 Å². The van der Waals surface area contributed by atoms with Gasteiger partial charge in [-0.3, -0.25) is 9.59 Å². The van der Waals surface area contributed by atoms with Gasteiger partial charge < -0.3 is 5.32 Å². The lowest BCUT2D eigenvalue weighted by Gasteiger charge is -2.30. The molecule has 3 rings (SSSR count). The monoisotopic (exact) mass is 440 g/mol. The van der Waals surface area contributed by atoms with E-state index in [1.165, 1.54) is 35.5 Å². The van der Waals surface area contributed by atoms with Crippen LogP contribution in [0.3, 0.4) is 0 Å². The summed E-state index contributed by atoms with van der Waals surface area (Å²) in [5.74, 6) is -6.01. The van der Waals surface area contributed by atoms with Crippen molar-refractivity contribution in [3.05, 3.63) is 59.4 Å². The number of anilines is 1. The standard InChI is InChI=1S/C20H19F3N2O4S/c1-12(26)14-3-2-4-15(11-14)30(28,29)25-9-7-13(8-10-25)20(27)24-17-6-5-16(21)18(22)19(17)23/h2-6,11,13H,7-10H2,1H3,(H,24,27). The van der Waals surface area contributed by atoms with Crippen molar-refractivity contribution < 1.29 is 31.2 Å². The van der Waals surface area contributed by atoms with Crippen LogP contribution in [-0.2, 0) is 14.8 Å². The Morgan fingerprint density at radius 3 is 2.33 bits per heavy atom. The third-order valence-corrected chi connectivity index (χ3v) is 6.89. The molecule has 1 amide bonds. The third kappa shape index (κ3) is 4.39. The van der Waals surface area contributed by atoms with E-state index in [0.717, 1.165) is 6.07 Å². The summed E-state index contributed by atoms with van der Waals surface area (Å²) in [6.45, 7) is 1.43. The topological polar surface area (TPSA) is 83.6 Å². The van der Waals surface area contributed by atoms with E-state index in [0.29, 0.717) is 6.07 Å². The molecule has 2 aromatic rings. The number of nitrogens with one attached hydrogen (secondary N) is 1. The highest BCUT2D eigenvalue weighted by atomic mass is 32.2. The third-order valence-electron chi connectivity index (χ3n) is 5.00. The molecule has 0 aliphatic carbocycles. The second kappa shape index (κ2) is 8.57. The van der Waals surface area contributed by atoms with Crippen molar-refractivity contribution in [3.63, 3.8) is 0 Å². The number of Topliss-reactive ketones (excluding diaryl/α,β-unsaturated/α-hetero) is 1. The van der Waals surface area contributed by atoms with E-state index in [2.05, 4.69) is 5.32 Å². The highest BCUT2D eigenvalue weighted by Gasteiger charge is 2.32. The number of hydrogen-bond acceptors (Lipinski definition) is 4. The van der Waals surface area contributed by atoms with Gasteiger partial charge in [-0.1, -0.05) is 12.1 Å². The number of ketones is 1. The average Bonchev–Trinajstić information content (AvgIpc) is 2.74. The van der Waals surface area contributed by atoms with Crippen LogP contribution in [0.2, 0.25) is 0 Å². The molecular weight excluding hydrogens is 421 g/mol. The molecule has 0 radical (unpaired) electrons. The summed E-state index contributed by atoms with van der Waals surface area (Å²) in [4.78, 5) is 23.9. The van der Waals surface area contributed by atoms with Gasteiger partial charge in [-0.15, -0.1) is 0 Å². The van der Waals surface area contributed by atoms with Gasteiger partial charge in [0, 0.05) is 24.6 Å². The maximum Gasteiger partial charge on any atom is 0.243 e. The van der Waals surface area contributed by atoms with Gasteiger partial charge in [0.25, 0.3) is 0 Å². The minimum atomic E-state index is -3.85. The number of nitrogens with zero attached hydrogens (tertiary/aromatic N) is 1. The van der Waals surface area contributed by atoms with Gasteiger partial charge in [0.1, 0.15) is 0 Å². The predicted octanol–water partition coefficient (Wildman–Crippen LogP) is 3.35. The van der Waals surface area contributed by atoms with Gasteiger partial charge in [-0.05, 0) is 44.0 Å². The maximum absolute atomic E-state index is 13.7. The number of rotatable bonds is 5. The van der Waals surface area contributed by atoms with Crippen LogP contribution < -0.4 is 5.32 Å². The Hall–Kier alpha value is -2.72. The molecule has 2 aromatic carbocycles. The predicted molar refractivity (Wildman–Crippen MR) is 103 cm³/mol. The molecule has 0 atom stereocenters. The number of halogens is 3. The minimum Gasteiger partial charge on any atom is -0.323 e. The van der Waals surface area contributed by atoms with Crippen molar-refractivity contribution in [3.8, 4) is 0 Å². The number of piperidine rings is 1. The van der Waals surface area contributed by atoms with E-state index in [-0.39, 0.29) is 42.2 Å². The SMILES string of the molecule is CC(=O)c1cccc(S(=O)(=O)N2CCC(C(=O)Nc3ccc(F)c(F)c3F)CC2)c1. The lowest BCUT2D eigenvalue weighted by atomic mass is 9.97. The van der Waals surface area contributed by atoms with Crippen LogP contribution in [0.5, 0.6) is 0 Å². The summed E-state index contributed by atoms with van der Waals surface area (Å²) in [5.41, 5.74) is -0.200. The van der Waals surface area contributed by atoms with Crippen LogP contribution in [0.25, 0.3) is 0 Å².